The smallest absolute Gasteiger partial charge is 0.322 e. The van der Waals surface area contributed by atoms with Gasteiger partial charge in [-0.25, -0.2) is 4.79 Å². The van der Waals surface area contributed by atoms with Crippen molar-refractivity contribution in [3.8, 4) is 18.1 Å². The minimum Gasteiger partial charge on any atom is -0.495 e. The Kier molecular flexibility index (Phi) is 4.22. The molecule has 0 aliphatic rings. The van der Waals surface area contributed by atoms with E-state index in [9.17, 15) is 4.79 Å². The topological polar surface area (TPSA) is 41.6 Å². The van der Waals surface area contributed by atoms with Crippen LogP contribution in [0.25, 0.3) is 0 Å². The van der Waals surface area contributed by atoms with Crippen LogP contribution in [0.4, 0.5) is 10.5 Å². The molecule has 0 saturated heterocycles. The van der Waals surface area contributed by atoms with Crippen LogP contribution < -0.4 is 10.1 Å². The Hall–Kier alpha value is -2.15. The predicted molar refractivity (Wildman–Crippen MR) is 63.5 cm³/mol. The number of hydrogen-bond donors (Lipinski definition) is 1. The second-order valence-electron chi connectivity index (χ2n) is 3.19. The van der Waals surface area contributed by atoms with Crippen LogP contribution in [0.15, 0.2) is 24.3 Å². The number of nitrogens with zero attached hydrogens (tertiary/aromatic N) is 1. The summed E-state index contributed by atoms with van der Waals surface area (Å²) in [7, 11) is 3.18. The number of para-hydroxylation sites is 2. The predicted octanol–water partition coefficient (Wildman–Crippen LogP) is 1.79. The summed E-state index contributed by atoms with van der Waals surface area (Å²) < 4.78 is 5.11. The Morgan fingerprint density at radius 2 is 2.25 bits per heavy atom. The summed E-state index contributed by atoms with van der Waals surface area (Å²) in [5.41, 5.74) is 0.624. The zero-order chi connectivity index (χ0) is 12.0. The zero-order valence-electron chi connectivity index (χ0n) is 9.36. The first-order valence-corrected chi connectivity index (χ1v) is 4.77. The second-order valence-corrected chi connectivity index (χ2v) is 3.19. The molecule has 4 heteroatoms. The number of carbonyl (C=O) groups is 1. The van der Waals surface area contributed by atoms with E-state index in [1.54, 1.807) is 26.3 Å². The molecule has 84 valence electrons. The van der Waals surface area contributed by atoms with E-state index >= 15 is 0 Å². The first-order chi connectivity index (χ1) is 7.69. The normalized spacial score (nSPS) is 9.06. The van der Waals surface area contributed by atoms with E-state index in [0.29, 0.717) is 11.4 Å². The van der Waals surface area contributed by atoms with Crippen LogP contribution in [-0.2, 0) is 0 Å². The summed E-state index contributed by atoms with van der Waals surface area (Å²) >= 11 is 0. The van der Waals surface area contributed by atoms with Crippen molar-refractivity contribution in [3.05, 3.63) is 24.3 Å². The van der Waals surface area contributed by atoms with Gasteiger partial charge in [0.25, 0.3) is 0 Å². The number of anilines is 1. The molecule has 0 radical (unpaired) electrons. The van der Waals surface area contributed by atoms with Crippen LogP contribution in [0.2, 0.25) is 0 Å². The van der Waals surface area contributed by atoms with Crippen LogP contribution in [0, 0.1) is 12.3 Å². The van der Waals surface area contributed by atoms with Crippen LogP contribution in [0.3, 0.4) is 0 Å². The quantitative estimate of drug-likeness (QED) is 0.786. The standard InChI is InChI=1S/C12H14N2O2/c1-4-9-14(2)12(15)13-10-7-5-6-8-11(10)16-3/h1,5-8H,9H2,2-3H3,(H,13,15). The van der Waals surface area contributed by atoms with Crippen molar-refractivity contribution in [1.82, 2.24) is 4.90 Å². The molecule has 1 N–H and O–H groups in total. The third-order valence-electron chi connectivity index (χ3n) is 2.02. The summed E-state index contributed by atoms with van der Waals surface area (Å²) in [6.07, 6.45) is 5.12. The largest absolute Gasteiger partial charge is 0.495 e. The Bertz CT molecular complexity index is 410. The van der Waals surface area contributed by atoms with Crippen molar-refractivity contribution in [3.63, 3.8) is 0 Å². The van der Waals surface area contributed by atoms with Gasteiger partial charge in [-0.2, -0.15) is 0 Å². The third-order valence-corrected chi connectivity index (χ3v) is 2.02. The fraction of sp³-hybridized carbons (Fsp3) is 0.250. The van der Waals surface area contributed by atoms with Crippen LogP contribution in [-0.4, -0.2) is 31.6 Å². The maximum atomic E-state index is 11.6. The van der Waals surface area contributed by atoms with Crippen LogP contribution in [0.1, 0.15) is 0 Å². The van der Waals surface area contributed by atoms with Crippen molar-refractivity contribution < 1.29 is 9.53 Å². The van der Waals surface area contributed by atoms with Gasteiger partial charge < -0.3 is 15.0 Å². The third kappa shape index (κ3) is 2.92. The highest BCUT2D eigenvalue weighted by Crippen LogP contribution is 2.23. The zero-order valence-corrected chi connectivity index (χ0v) is 9.36. The summed E-state index contributed by atoms with van der Waals surface area (Å²) in [6.45, 7) is 0.265. The summed E-state index contributed by atoms with van der Waals surface area (Å²) in [4.78, 5) is 13.0. The van der Waals surface area contributed by atoms with Crippen molar-refractivity contribution in [2.24, 2.45) is 0 Å². The molecule has 1 aromatic rings. The Balaban J connectivity index is 2.73. The number of nitrogens with one attached hydrogen (secondary N) is 1. The lowest BCUT2D eigenvalue weighted by molar-refractivity contribution is 0.227. The second kappa shape index (κ2) is 5.66. The lowest BCUT2D eigenvalue weighted by Gasteiger charge is -2.16. The Morgan fingerprint density at radius 3 is 2.88 bits per heavy atom. The van der Waals surface area contributed by atoms with E-state index in [2.05, 4.69) is 11.2 Å². The number of carbonyl (C=O) groups excluding carboxylic acids is 1. The number of hydrogen-bond acceptors (Lipinski definition) is 2. The van der Waals surface area contributed by atoms with E-state index in [-0.39, 0.29) is 12.6 Å². The van der Waals surface area contributed by atoms with E-state index in [0.717, 1.165) is 0 Å². The van der Waals surface area contributed by atoms with Crippen molar-refractivity contribution in [2.45, 2.75) is 0 Å². The number of rotatable bonds is 3. The van der Waals surface area contributed by atoms with Crippen molar-refractivity contribution >= 4 is 11.7 Å². The molecule has 0 aromatic heterocycles. The van der Waals surface area contributed by atoms with Gasteiger partial charge in [0.1, 0.15) is 5.75 Å². The Morgan fingerprint density at radius 1 is 1.56 bits per heavy atom. The molecule has 0 spiro atoms. The molecule has 0 saturated carbocycles. The van der Waals surface area contributed by atoms with Gasteiger partial charge in [-0.15, -0.1) is 6.42 Å². The number of ether oxygens (including phenoxy) is 1. The van der Waals surface area contributed by atoms with Crippen LogP contribution in [0.5, 0.6) is 5.75 Å². The molecule has 0 atom stereocenters. The van der Waals surface area contributed by atoms with Gasteiger partial charge in [-0.05, 0) is 12.1 Å². The molecule has 2 amide bonds. The summed E-state index contributed by atoms with van der Waals surface area (Å²) in [6, 6.07) is 6.93. The van der Waals surface area contributed by atoms with Gasteiger partial charge >= 0.3 is 6.03 Å². The summed E-state index contributed by atoms with van der Waals surface area (Å²) in [5, 5.41) is 2.71. The molecule has 0 unspecified atom stereocenters. The maximum absolute atomic E-state index is 11.6. The van der Waals surface area contributed by atoms with E-state index in [1.165, 1.54) is 4.90 Å². The molecule has 4 nitrogen and oxygen atoms in total. The van der Waals surface area contributed by atoms with E-state index < -0.39 is 0 Å². The first-order valence-electron chi connectivity index (χ1n) is 4.77. The highest BCUT2D eigenvalue weighted by atomic mass is 16.5. The maximum Gasteiger partial charge on any atom is 0.322 e. The molecule has 0 fully saturated rings. The first kappa shape index (κ1) is 11.9. The molecular weight excluding hydrogens is 204 g/mol. The monoisotopic (exact) mass is 218 g/mol. The number of benzene rings is 1. The lowest BCUT2D eigenvalue weighted by atomic mass is 10.3. The average molecular weight is 218 g/mol. The minimum absolute atomic E-state index is 0.262. The molecule has 1 rings (SSSR count). The fourth-order valence-electron chi connectivity index (χ4n) is 1.17. The molecule has 0 bridgehead atoms. The van der Waals surface area contributed by atoms with Gasteiger partial charge in [0.15, 0.2) is 0 Å². The molecule has 1 aromatic carbocycles. The highest BCUT2D eigenvalue weighted by Gasteiger charge is 2.09. The highest BCUT2D eigenvalue weighted by molar-refractivity contribution is 5.90. The lowest BCUT2D eigenvalue weighted by Crippen LogP contribution is -2.31. The van der Waals surface area contributed by atoms with Crippen molar-refractivity contribution in [2.75, 3.05) is 26.0 Å². The Labute approximate surface area is 95.2 Å². The van der Waals surface area contributed by atoms with Gasteiger partial charge in [0.2, 0.25) is 0 Å². The number of amides is 2. The van der Waals surface area contributed by atoms with E-state index in [4.69, 9.17) is 11.2 Å². The number of urea groups is 1. The molecule has 0 aliphatic carbocycles. The van der Waals surface area contributed by atoms with Crippen molar-refractivity contribution in [1.29, 1.82) is 0 Å². The van der Waals surface area contributed by atoms with Crippen LogP contribution >= 0.6 is 0 Å². The fourth-order valence-corrected chi connectivity index (χ4v) is 1.17. The van der Waals surface area contributed by atoms with E-state index in [1.807, 2.05) is 12.1 Å². The van der Waals surface area contributed by atoms with Gasteiger partial charge in [0.05, 0.1) is 19.3 Å². The number of methoxy groups -OCH3 is 1. The SMILES string of the molecule is C#CCN(C)C(=O)Nc1ccccc1OC. The molecular formula is C12H14N2O2. The average Bonchev–Trinajstić information content (AvgIpc) is 2.30. The molecule has 0 heterocycles. The summed E-state index contributed by atoms with van der Waals surface area (Å²) in [5.74, 6) is 3.01. The molecule has 16 heavy (non-hydrogen) atoms. The van der Waals surface area contributed by atoms with Gasteiger partial charge in [0, 0.05) is 7.05 Å². The van der Waals surface area contributed by atoms with Gasteiger partial charge in [-0.3, -0.25) is 0 Å². The minimum atomic E-state index is -0.262. The van der Waals surface area contributed by atoms with Gasteiger partial charge in [-0.1, -0.05) is 18.1 Å². The molecule has 0 aliphatic heterocycles. The number of terminal acetylenes is 1.